The average Bonchev–Trinajstić information content (AvgIpc) is 3.25. The topological polar surface area (TPSA) is 76.0 Å². The highest BCUT2D eigenvalue weighted by Crippen LogP contribution is 2.34. The van der Waals surface area contributed by atoms with E-state index in [1.54, 1.807) is 11.3 Å². The summed E-state index contributed by atoms with van der Waals surface area (Å²) in [6.45, 7) is 5.60. The van der Waals surface area contributed by atoms with Gasteiger partial charge in [-0.3, -0.25) is 14.6 Å². The maximum Gasteiger partial charge on any atom is 0.259 e. The summed E-state index contributed by atoms with van der Waals surface area (Å²) >= 11 is 1.71. The van der Waals surface area contributed by atoms with Crippen molar-refractivity contribution in [3.8, 4) is 6.07 Å². The van der Waals surface area contributed by atoms with E-state index in [0.717, 1.165) is 74.4 Å². The lowest BCUT2D eigenvalue weighted by atomic mass is 10.1. The van der Waals surface area contributed by atoms with Gasteiger partial charge in [-0.25, -0.2) is 4.98 Å². The number of nitrogens with one attached hydrogen (secondary N) is 1. The molecule has 30 heavy (non-hydrogen) atoms. The number of aromatic nitrogens is 2. The molecule has 1 aromatic carbocycles. The Balaban J connectivity index is 1.24. The van der Waals surface area contributed by atoms with Crippen LogP contribution in [0.2, 0.25) is 0 Å². The first-order valence-electron chi connectivity index (χ1n) is 10.7. The number of aromatic amines is 1. The molecule has 0 unspecified atom stereocenters. The number of H-pyrrole nitrogens is 1. The van der Waals surface area contributed by atoms with E-state index < -0.39 is 0 Å². The Bertz CT molecular complexity index is 1160. The molecule has 2 aliphatic rings. The maximum absolute atomic E-state index is 12.7. The van der Waals surface area contributed by atoms with Crippen molar-refractivity contribution in [3.63, 3.8) is 0 Å². The predicted octanol–water partition coefficient (Wildman–Crippen LogP) is 3.05. The Morgan fingerprint density at radius 2 is 1.80 bits per heavy atom. The third-order valence-electron chi connectivity index (χ3n) is 6.17. The molecule has 5 rings (SSSR count). The number of hydrogen-bond donors (Lipinski definition) is 1. The molecule has 1 saturated heterocycles. The lowest BCUT2D eigenvalue weighted by molar-refractivity contribution is 0.244. The molecule has 3 aromatic rings. The van der Waals surface area contributed by atoms with Gasteiger partial charge in [-0.05, 0) is 62.0 Å². The van der Waals surface area contributed by atoms with Crippen LogP contribution in [0.3, 0.4) is 0 Å². The van der Waals surface area contributed by atoms with Gasteiger partial charge in [0.1, 0.15) is 10.7 Å². The van der Waals surface area contributed by atoms with Gasteiger partial charge in [-0.15, -0.1) is 11.3 Å². The molecule has 3 heterocycles. The largest absolute Gasteiger partial charge is 0.309 e. The molecule has 1 aliphatic carbocycles. The van der Waals surface area contributed by atoms with Gasteiger partial charge in [0.2, 0.25) is 0 Å². The molecule has 0 amide bonds. The number of nitrogens with zero attached hydrogens (tertiary/aromatic N) is 4. The van der Waals surface area contributed by atoms with Gasteiger partial charge in [0.05, 0.1) is 23.6 Å². The van der Waals surface area contributed by atoms with Crippen molar-refractivity contribution in [2.45, 2.75) is 38.8 Å². The number of thiophene rings is 1. The standard InChI is InChI=1S/C23H25N5OS/c24-13-16-5-7-17(8-6-16)14-27-9-2-10-28(12-11-27)15-20-25-22(29)21-18-3-1-4-19(18)30-23(21)26-20/h5-8H,1-4,9-12,14-15H2,(H,25,26,29). The van der Waals surface area contributed by atoms with E-state index in [2.05, 4.69) is 20.9 Å². The van der Waals surface area contributed by atoms with E-state index >= 15 is 0 Å². The summed E-state index contributed by atoms with van der Waals surface area (Å²) in [5, 5.41) is 9.78. The van der Waals surface area contributed by atoms with E-state index in [1.807, 2.05) is 24.3 Å². The number of aryl methyl sites for hydroxylation is 2. The van der Waals surface area contributed by atoms with Crippen molar-refractivity contribution in [2.24, 2.45) is 0 Å². The Labute approximate surface area is 179 Å². The van der Waals surface area contributed by atoms with Gasteiger partial charge >= 0.3 is 0 Å². The molecule has 0 radical (unpaired) electrons. The van der Waals surface area contributed by atoms with Gasteiger partial charge in [0.25, 0.3) is 5.56 Å². The summed E-state index contributed by atoms with van der Waals surface area (Å²) < 4.78 is 0. The van der Waals surface area contributed by atoms with Crippen molar-refractivity contribution >= 4 is 21.6 Å². The van der Waals surface area contributed by atoms with Crippen molar-refractivity contribution in [2.75, 3.05) is 26.2 Å². The van der Waals surface area contributed by atoms with Crippen LogP contribution in [0.5, 0.6) is 0 Å². The fourth-order valence-corrected chi connectivity index (χ4v) is 5.90. The maximum atomic E-state index is 12.7. The quantitative estimate of drug-likeness (QED) is 0.703. The van der Waals surface area contributed by atoms with Gasteiger partial charge in [-0.2, -0.15) is 5.26 Å². The average molecular weight is 420 g/mol. The second-order valence-electron chi connectivity index (χ2n) is 8.26. The second kappa shape index (κ2) is 8.31. The zero-order valence-electron chi connectivity index (χ0n) is 17.0. The van der Waals surface area contributed by atoms with E-state index in [-0.39, 0.29) is 5.56 Å². The van der Waals surface area contributed by atoms with Gasteiger partial charge in [0.15, 0.2) is 0 Å². The molecule has 0 spiro atoms. The minimum atomic E-state index is 0.0339. The van der Waals surface area contributed by atoms with E-state index in [1.165, 1.54) is 16.0 Å². The summed E-state index contributed by atoms with van der Waals surface area (Å²) in [4.78, 5) is 27.7. The first-order valence-corrected chi connectivity index (χ1v) is 11.5. The summed E-state index contributed by atoms with van der Waals surface area (Å²) in [6.07, 6.45) is 4.36. The number of nitriles is 1. The first-order chi connectivity index (χ1) is 14.7. The molecule has 1 aliphatic heterocycles. The Morgan fingerprint density at radius 3 is 2.57 bits per heavy atom. The lowest BCUT2D eigenvalue weighted by Crippen LogP contribution is -2.31. The van der Waals surface area contributed by atoms with Crippen molar-refractivity contribution in [1.82, 2.24) is 19.8 Å². The summed E-state index contributed by atoms with van der Waals surface area (Å²) in [6, 6.07) is 10.0. The highest BCUT2D eigenvalue weighted by molar-refractivity contribution is 7.18. The van der Waals surface area contributed by atoms with Crippen LogP contribution < -0.4 is 5.56 Å². The minimum absolute atomic E-state index is 0.0339. The van der Waals surface area contributed by atoms with Crippen molar-refractivity contribution in [1.29, 1.82) is 5.26 Å². The normalized spacial score (nSPS) is 17.7. The van der Waals surface area contributed by atoms with Crippen molar-refractivity contribution < 1.29 is 0 Å². The number of fused-ring (bicyclic) bond motifs is 3. The third-order valence-corrected chi connectivity index (χ3v) is 7.35. The van der Waals surface area contributed by atoms with Gasteiger partial charge < -0.3 is 4.98 Å². The highest BCUT2D eigenvalue weighted by Gasteiger charge is 2.22. The molecule has 154 valence electrons. The molecule has 0 atom stereocenters. The van der Waals surface area contributed by atoms with E-state index in [0.29, 0.717) is 12.1 Å². The predicted molar refractivity (Wildman–Crippen MR) is 119 cm³/mol. The zero-order chi connectivity index (χ0) is 20.5. The fraction of sp³-hybridized carbons (Fsp3) is 0.435. The van der Waals surface area contributed by atoms with Crippen LogP contribution in [0.25, 0.3) is 10.2 Å². The third kappa shape index (κ3) is 3.91. The molecule has 1 N–H and O–H groups in total. The Kier molecular flexibility index (Phi) is 5.38. The second-order valence-corrected chi connectivity index (χ2v) is 9.35. The molecular weight excluding hydrogens is 394 g/mol. The lowest BCUT2D eigenvalue weighted by Gasteiger charge is -2.21. The summed E-state index contributed by atoms with van der Waals surface area (Å²) in [5.74, 6) is 0.785. The molecule has 0 bridgehead atoms. The SMILES string of the molecule is N#Cc1ccc(CN2CCCN(Cc3nc4sc5c(c4c(=O)[nH]3)CCC5)CC2)cc1. The van der Waals surface area contributed by atoms with Crippen LogP contribution in [0.1, 0.15) is 40.2 Å². The van der Waals surface area contributed by atoms with Crippen LogP contribution in [0.4, 0.5) is 0 Å². The van der Waals surface area contributed by atoms with Crippen LogP contribution in [-0.2, 0) is 25.9 Å². The monoisotopic (exact) mass is 419 g/mol. The Morgan fingerprint density at radius 1 is 1.03 bits per heavy atom. The summed E-state index contributed by atoms with van der Waals surface area (Å²) in [7, 11) is 0. The summed E-state index contributed by atoms with van der Waals surface area (Å²) in [5.41, 5.74) is 3.22. The highest BCUT2D eigenvalue weighted by atomic mass is 32.1. The number of benzene rings is 1. The van der Waals surface area contributed by atoms with Crippen LogP contribution in [0, 0.1) is 11.3 Å². The number of rotatable bonds is 4. The van der Waals surface area contributed by atoms with Crippen LogP contribution in [-0.4, -0.2) is 45.9 Å². The molecule has 0 saturated carbocycles. The minimum Gasteiger partial charge on any atom is -0.309 e. The van der Waals surface area contributed by atoms with Crippen LogP contribution in [0.15, 0.2) is 29.1 Å². The first kappa shape index (κ1) is 19.4. The smallest absolute Gasteiger partial charge is 0.259 e. The van der Waals surface area contributed by atoms with E-state index in [4.69, 9.17) is 10.2 Å². The zero-order valence-corrected chi connectivity index (χ0v) is 17.8. The molecular formula is C23H25N5OS. The van der Waals surface area contributed by atoms with Crippen LogP contribution >= 0.6 is 11.3 Å². The van der Waals surface area contributed by atoms with Gasteiger partial charge in [-0.1, -0.05) is 12.1 Å². The molecule has 1 fully saturated rings. The molecule has 7 heteroatoms. The van der Waals surface area contributed by atoms with Gasteiger partial charge in [0, 0.05) is 24.5 Å². The molecule has 6 nitrogen and oxygen atoms in total. The fourth-order valence-electron chi connectivity index (χ4n) is 4.62. The van der Waals surface area contributed by atoms with Crippen molar-refractivity contribution in [3.05, 3.63) is 62.0 Å². The molecule has 2 aromatic heterocycles. The van der Waals surface area contributed by atoms with E-state index in [9.17, 15) is 4.79 Å². The Hall–Kier alpha value is -2.53. The number of hydrogen-bond acceptors (Lipinski definition) is 6.